The summed E-state index contributed by atoms with van der Waals surface area (Å²) in [4.78, 5) is 18.7. The zero-order chi connectivity index (χ0) is 14.1. The number of likely N-dealkylation sites (tertiary alicyclic amines) is 1. The first-order chi connectivity index (χ1) is 9.65. The van der Waals surface area contributed by atoms with Crippen LogP contribution in [-0.4, -0.2) is 28.9 Å². The van der Waals surface area contributed by atoms with Crippen molar-refractivity contribution in [2.45, 2.75) is 26.7 Å². The molecule has 20 heavy (non-hydrogen) atoms. The lowest BCUT2D eigenvalue weighted by molar-refractivity contribution is 0.0788. The molecule has 0 bridgehead atoms. The molecule has 2 aromatic rings. The number of carbonyl (C=O) groups excluding carboxylic acids is 1. The number of aryl methyl sites for hydroxylation is 2. The second-order valence-corrected chi connectivity index (χ2v) is 6.21. The number of thiazole rings is 1. The maximum absolute atomic E-state index is 12.3. The second-order valence-electron chi connectivity index (χ2n) is 5.36. The second kappa shape index (κ2) is 5.37. The molecule has 0 N–H and O–H groups in total. The summed E-state index contributed by atoms with van der Waals surface area (Å²) >= 11 is 1.55. The first kappa shape index (κ1) is 13.3. The number of carbonyl (C=O) groups is 1. The van der Waals surface area contributed by atoms with Gasteiger partial charge in [0.05, 0.1) is 0 Å². The van der Waals surface area contributed by atoms with E-state index >= 15 is 0 Å². The average molecular weight is 286 g/mol. The minimum absolute atomic E-state index is 0.0785. The van der Waals surface area contributed by atoms with Crippen LogP contribution in [0.15, 0.2) is 23.6 Å². The first-order valence-corrected chi connectivity index (χ1v) is 7.85. The Morgan fingerprint density at radius 1 is 1.25 bits per heavy atom. The molecule has 1 fully saturated rings. The van der Waals surface area contributed by atoms with Gasteiger partial charge >= 0.3 is 0 Å². The Labute approximate surface area is 123 Å². The van der Waals surface area contributed by atoms with E-state index in [4.69, 9.17) is 0 Å². The number of hydrogen-bond acceptors (Lipinski definition) is 3. The number of nitrogens with zero attached hydrogens (tertiary/aromatic N) is 2. The van der Waals surface area contributed by atoms with Crippen LogP contribution in [0, 0.1) is 13.8 Å². The highest BCUT2D eigenvalue weighted by Crippen LogP contribution is 2.28. The van der Waals surface area contributed by atoms with Crippen LogP contribution < -0.4 is 0 Å². The SMILES string of the molecule is Cc1ccc(-c2nc(C(=O)N3CCCC3)cs2)c(C)c1. The van der Waals surface area contributed by atoms with Gasteiger partial charge in [0.1, 0.15) is 10.7 Å². The molecule has 0 saturated carbocycles. The molecule has 4 heteroatoms. The molecule has 2 heterocycles. The maximum atomic E-state index is 12.3. The van der Waals surface area contributed by atoms with Gasteiger partial charge in [-0.2, -0.15) is 0 Å². The molecule has 0 aliphatic carbocycles. The Bertz CT molecular complexity index is 642. The van der Waals surface area contributed by atoms with Crippen LogP contribution in [-0.2, 0) is 0 Å². The first-order valence-electron chi connectivity index (χ1n) is 6.97. The summed E-state index contributed by atoms with van der Waals surface area (Å²) < 4.78 is 0. The molecule has 0 spiro atoms. The van der Waals surface area contributed by atoms with E-state index in [9.17, 15) is 4.79 Å². The van der Waals surface area contributed by atoms with Crippen LogP contribution in [0.5, 0.6) is 0 Å². The van der Waals surface area contributed by atoms with Crippen LogP contribution >= 0.6 is 11.3 Å². The molecule has 1 amide bonds. The molecule has 3 nitrogen and oxygen atoms in total. The van der Waals surface area contributed by atoms with Crippen molar-refractivity contribution in [2.75, 3.05) is 13.1 Å². The molecule has 1 aromatic carbocycles. The normalized spacial score (nSPS) is 14.8. The molecule has 1 aliphatic rings. The van der Waals surface area contributed by atoms with E-state index in [2.05, 4.69) is 37.0 Å². The molecule has 1 aliphatic heterocycles. The Morgan fingerprint density at radius 3 is 2.70 bits per heavy atom. The van der Waals surface area contributed by atoms with Crippen LogP contribution in [0.2, 0.25) is 0 Å². The number of rotatable bonds is 2. The van der Waals surface area contributed by atoms with Crippen LogP contribution in [0.25, 0.3) is 10.6 Å². The van der Waals surface area contributed by atoms with Gasteiger partial charge in [-0.15, -0.1) is 11.3 Å². The molecule has 0 unspecified atom stereocenters. The van der Waals surface area contributed by atoms with Crippen molar-refractivity contribution in [3.63, 3.8) is 0 Å². The van der Waals surface area contributed by atoms with E-state index in [1.54, 1.807) is 11.3 Å². The molecule has 1 saturated heterocycles. The highest BCUT2D eigenvalue weighted by molar-refractivity contribution is 7.13. The lowest BCUT2D eigenvalue weighted by atomic mass is 10.1. The molecule has 104 valence electrons. The van der Waals surface area contributed by atoms with Gasteiger partial charge in [-0.05, 0) is 32.3 Å². The van der Waals surface area contributed by atoms with Gasteiger partial charge in [-0.1, -0.05) is 23.8 Å². The highest BCUT2D eigenvalue weighted by Gasteiger charge is 2.22. The summed E-state index contributed by atoms with van der Waals surface area (Å²) in [6.07, 6.45) is 2.22. The summed E-state index contributed by atoms with van der Waals surface area (Å²) in [6.45, 7) is 5.91. The fourth-order valence-electron chi connectivity index (χ4n) is 2.63. The molecule has 0 radical (unpaired) electrons. The zero-order valence-electron chi connectivity index (χ0n) is 11.8. The van der Waals surface area contributed by atoms with Gasteiger partial charge in [0.2, 0.25) is 0 Å². The van der Waals surface area contributed by atoms with Crippen LogP contribution in [0.3, 0.4) is 0 Å². The van der Waals surface area contributed by atoms with Crippen LogP contribution in [0.1, 0.15) is 34.5 Å². The number of amides is 1. The lowest BCUT2D eigenvalue weighted by Crippen LogP contribution is -2.27. The smallest absolute Gasteiger partial charge is 0.273 e. The van der Waals surface area contributed by atoms with E-state index < -0.39 is 0 Å². The fraction of sp³-hybridized carbons (Fsp3) is 0.375. The highest BCUT2D eigenvalue weighted by atomic mass is 32.1. The minimum atomic E-state index is 0.0785. The topological polar surface area (TPSA) is 33.2 Å². The van der Waals surface area contributed by atoms with Crippen molar-refractivity contribution in [3.8, 4) is 10.6 Å². The standard InChI is InChI=1S/C16H18N2OS/c1-11-5-6-13(12(2)9-11)15-17-14(10-20-15)16(19)18-7-3-4-8-18/h5-6,9-10H,3-4,7-8H2,1-2H3. The van der Waals surface area contributed by atoms with E-state index in [1.807, 2.05) is 10.3 Å². The minimum Gasteiger partial charge on any atom is -0.337 e. The Morgan fingerprint density at radius 2 is 2.00 bits per heavy atom. The van der Waals surface area contributed by atoms with Crippen molar-refractivity contribution < 1.29 is 4.79 Å². The Hall–Kier alpha value is -1.68. The van der Waals surface area contributed by atoms with Crippen molar-refractivity contribution in [2.24, 2.45) is 0 Å². The number of hydrogen-bond donors (Lipinski definition) is 0. The third-order valence-electron chi connectivity index (χ3n) is 3.73. The molecular weight excluding hydrogens is 268 g/mol. The maximum Gasteiger partial charge on any atom is 0.273 e. The predicted octanol–water partition coefficient (Wildman–Crippen LogP) is 3.66. The van der Waals surface area contributed by atoms with Gasteiger partial charge in [0.15, 0.2) is 0 Å². The Balaban J connectivity index is 1.87. The van der Waals surface area contributed by atoms with Crippen molar-refractivity contribution in [1.29, 1.82) is 0 Å². The average Bonchev–Trinajstić information content (AvgIpc) is 3.09. The number of benzene rings is 1. The third kappa shape index (κ3) is 2.48. The molecule has 1 aromatic heterocycles. The summed E-state index contributed by atoms with van der Waals surface area (Å²) in [7, 11) is 0. The van der Waals surface area contributed by atoms with Crippen LogP contribution in [0.4, 0.5) is 0 Å². The van der Waals surface area contributed by atoms with Crippen molar-refractivity contribution in [1.82, 2.24) is 9.88 Å². The van der Waals surface area contributed by atoms with Crippen molar-refractivity contribution >= 4 is 17.2 Å². The van der Waals surface area contributed by atoms with Gasteiger partial charge in [0, 0.05) is 24.0 Å². The zero-order valence-corrected chi connectivity index (χ0v) is 12.7. The van der Waals surface area contributed by atoms with Gasteiger partial charge in [-0.25, -0.2) is 4.98 Å². The monoisotopic (exact) mass is 286 g/mol. The van der Waals surface area contributed by atoms with Gasteiger partial charge in [-0.3, -0.25) is 4.79 Å². The fourth-order valence-corrected chi connectivity index (χ4v) is 3.52. The van der Waals surface area contributed by atoms with E-state index in [-0.39, 0.29) is 5.91 Å². The van der Waals surface area contributed by atoms with E-state index in [0.29, 0.717) is 5.69 Å². The third-order valence-corrected chi connectivity index (χ3v) is 4.60. The summed E-state index contributed by atoms with van der Waals surface area (Å²) in [5.41, 5.74) is 4.17. The summed E-state index contributed by atoms with van der Waals surface area (Å²) in [5.74, 6) is 0.0785. The number of aromatic nitrogens is 1. The largest absolute Gasteiger partial charge is 0.337 e. The van der Waals surface area contributed by atoms with Crippen molar-refractivity contribution in [3.05, 3.63) is 40.4 Å². The predicted molar refractivity (Wildman–Crippen MR) is 82.2 cm³/mol. The molecule has 0 atom stereocenters. The summed E-state index contributed by atoms with van der Waals surface area (Å²) in [6, 6.07) is 6.33. The van der Waals surface area contributed by atoms with E-state index in [0.717, 1.165) is 36.5 Å². The Kier molecular flexibility index (Phi) is 3.57. The lowest BCUT2D eigenvalue weighted by Gasteiger charge is -2.12. The van der Waals surface area contributed by atoms with Gasteiger partial charge in [0.25, 0.3) is 5.91 Å². The molecular formula is C16H18N2OS. The molecule has 3 rings (SSSR count). The quantitative estimate of drug-likeness (QED) is 0.844. The summed E-state index contributed by atoms with van der Waals surface area (Å²) in [5, 5.41) is 2.82. The van der Waals surface area contributed by atoms with E-state index in [1.165, 1.54) is 11.1 Å². The van der Waals surface area contributed by atoms with Gasteiger partial charge < -0.3 is 4.90 Å².